The molecule has 4 rings (SSSR count). The zero-order valence-electron chi connectivity index (χ0n) is 18.1. The molecule has 0 atom stereocenters. The average Bonchev–Trinajstić information content (AvgIpc) is 3.37. The average molecular weight is 448 g/mol. The van der Waals surface area contributed by atoms with Crippen LogP contribution in [0.25, 0.3) is 16.8 Å². The summed E-state index contributed by atoms with van der Waals surface area (Å²) in [5, 5.41) is 21.8. The van der Waals surface area contributed by atoms with Crippen LogP contribution in [0.3, 0.4) is 0 Å². The molecule has 0 fully saturated rings. The van der Waals surface area contributed by atoms with Crippen molar-refractivity contribution < 1.29 is 14.6 Å². The van der Waals surface area contributed by atoms with Crippen molar-refractivity contribution in [2.45, 2.75) is 26.8 Å². The molecule has 0 amide bonds. The molecule has 0 saturated carbocycles. The molecular formula is C25H25N3O3S. The topological polar surface area (TPSA) is 86.5 Å². The normalized spacial score (nSPS) is 13.7. The number of amidine groups is 1. The van der Waals surface area contributed by atoms with E-state index in [4.69, 9.17) is 10.1 Å². The Bertz CT molecular complexity index is 1160. The number of aliphatic hydroxyl groups excluding tert-OH is 1. The van der Waals surface area contributed by atoms with Gasteiger partial charge in [-0.3, -0.25) is 5.41 Å². The third kappa shape index (κ3) is 4.57. The Kier molecular flexibility index (Phi) is 6.37. The van der Waals surface area contributed by atoms with Gasteiger partial charge in [0.1, 0.15) is 16.6 Å². The fourth-order valence-corrected chi connectivity index (χ4v) is 4.38. The number of esters is 1. The first-order valence-corrected chi connectivity index (χ1v) is 11.4. The van der Waals surface area contributed by atoms with Crippen molar-refractivity contribution in [2.24, 2.45) is 0 Å². The van der Waals surface area contributed by atoms with Gasteiger partial charge in [0.15, 0.2) is 0 Å². The molecule has 0 saturated heterocycles. The van der Waals surface area contributed by atoms with E-state index in [1.54, 1.807) is 17.0 Å². The van der Waals surface area contributed by atoms with Crippen LogP contribution in [-0.2, 0) is 11.3 Å². The Morgan fingerprint density at radius 1 is 1.19 bits per heavy atom. The van der Waals surface area contributed by atoms with E-state index in [-0.39, 0.29) is 24.1 Å². The summed E-state index contributed by atoms with van der Waals surface area (Å²) >= 11 is 1.43. The quantitative estimate of drug-likeness (QED) is 0.471. The molecule has 1 aliphatic rings. The SMILES string of the molecule is CCCOC(=O)c1ccc(CN2CC(O)=C(c3nc(-c4ccc(C)cc4)cs3)C2=N)cc1. The van der Waals surface area contributed by atoms with Crippen LogP contribution in [0.1, 0.15) is 39.8 Å². The summed E-state index contributed by atoms with van der Waals surface area (Å²) in [5.74, 6) is 0.0698. The maximum atomic E-state index is 12.0. The first kappa shape index (κ1) is 21.8. The molecule has 0 bridgehead atoms. The lowest BCUT2D eigenvalue weighted by Gasteiger charge is -2.18. The molecule has 2 aromatic carbocycles. The number of aryl methyl sites for hydroxylation is 1. The molecule has 0 spiro atoms. The maximum Gasteiger partial charge on any atom is 0.338 e. The van der Waals surface area contributed by atoms with E-state index >= 15 is 0 Å². The van der Waals surface area contributed by atoms with E-state index in [9.17, 15) is 9.90 Å². The van der Waals surface area contributed by atoms with Gasteiger partial charge >= 0.3 is 5.97 Å². The summed E-state index contributed by atoms with van der Waals surface area (Å²) in [7, 11) is 0. The first-order chi connectivity index (χ1) is 15.5. The van der Waals surface area contributed by atoms with E-state index in [0.717, 1.165) is 23.2 Å². The van der Waals surface area contributed by atoms with Gasteiger partial charge in [0, 0.05) is 17.5 Å². The summed E-state index contributed by atoms with van der Waals surface area (Å²) in [4.78, 5) is 18.4. The van der Waals surface area contributed by atoms with Crippen LogP contribution in [0.4, 0.5) is 0 Å². The Morgan fingerprint density at radius 2 is 1.91 bits per heavy atom. The number of benzene rings is 2. The first-order valence-electron chi connectivity index (χ1n) is 10.5. The van der Waals surface area contributed by atoms with E-state index in [0.29, 0.717) is 29.3 Å². The van der Waals surface area contributed by atoms with Crippen molar-refractivity contribution in [1.82, 2.24) is 9.88 Å². The highest BCUT2D eigenvalue weighted by Crippen LogP contribution is 2.33. The van der Waals surface area contributed by atoms with Crippen LogP contribution in [0.5, 0.6) is 0 Å². The number of nitrogens with one attached hydrogen (secondary N) is 1. The molecule has 2 heterocycles. The summed E-state index contributed by atoms with van der Waals surface area (Å²) in [6.07, 6.45) is 0.783. The number of hydrogen-bond donors (Lipinski definition) is 2. The summed E-state index contributed by atoms with van der Waals surface area (Å²) in [6.45, 7) is 5.11. The summed E-state index contributed by atoms with van der Waals surface area (Å²) < 4.78 is 5.16. The minimum Gasteiger partial charge on any atom is -0.510 e. The maximum absolute atomic E-state index is 12.0. The molecule has 32 heavy (non-hydrogen) atoms. The lowest BCUT2D eigenvalue weighted by Crippen LogP contribution is -2.26. The lowest BCUT2D eigenvalue weighted by atomic mass is 10.1. The van der Waals surface area contributed by atoms with E-state index in [1.807, 2.05) is 55.6 Å². The van der Waals surface area contributed by atoms with E-state index in [1.165, 1.54) is 16.9 Å². The predicted molar refractivity (Wildman–Crippen MR) is 127 cm³/mol. The Labute approximate surface area is 191 Å². The minimum atomic E-state index is -0.331. The van der Waals surface area contributed by atoms with Gasteiger partial charge in [0.2, 0.25) is 0 Å². The van der Waals surface area contributed by atoms with Crippen molar-refractivity contribution in [3.05, 3.63) is 81.4 Å². The number of carbonyl (C=O) groups is 1. The molecular weight excluding hydrogens is 422 g/mol. The van der Waals surface area contributed by atoms with Crippen molar-refractivity contribution in [2.75, 3.05) is 13.2 Å². The van der Waals surface area contributed by atoms with Gasteiger partial charge < -0.3 is 14.7 Å². The van der Waals surface area contributed by atoms with Gasteiger partial charge in [0.05, 0.1) is 30.0 Å². The van der Waals surface area contributed by atoms with Crippen molar-refractivity contribution in [3.8, 4) is 11.3 Å². The van der Waals surface area contributed by atoms with Crippen LogP contribution < -0.4 is 0 Å². The number of rotatable bonds is 7. The second-order valence-electron chi connectivity index (χ2n) is 7.76. The number of hydrogen-bond acceptors (Lipinski definition) is 6. The van der Waals surface area contributed by atoms with Gasteiger partial charge in [-0.05, 0) is 31.0 Å². The molecule has 7 heteroatoms. The highest BCUT2D eigenvalue weighted by Gasteiger charge is 2.30. The third-order valence-electron chi connectivity index (χ3n) is 5.25. The Hall–Kier alpha value is -3.45. The Morgan fingerprint density at radius 3 is 2.59 bits per heavy atom. The van der Waals surface area contributed by atoms with Crippen LogP contribution >= 0.6 is 11.3 Å². The summed E-state index contributed by atoms with van der Waals surface area (Å²) in [6, 6.07) is 15.3. The van der Waals surface area contributed by atoms with Crippen LogP contribution in [0.15, 0.2) is 59.7 Å². The van der Waals surface area contributed by atoms with Gasteiger partial charge in [-0.1, -0.05) is 48.9 Å². The van der Waals surface area contributed by atoms with Gasteiger partial charge in [-0.2, -0.15) is 0 Å². The zero-order valence-corrected chi connectivity index (χ0v) is 18.9. The Balaban J connectivity index is 1.45. The number of aromatic nitrogens is 1. The molecule has 3 aromatic rings. The molecule has 1 aliphatic heterocycles. The molecule has 0 unspecified atom stereocenters. The number of thiazole rings is 1. The van der Waals surface area contributed by atoms with Gasteiger partial charge in [-0.15, -0.1) is 11.3 Å². The summed E-state index contributed by atoms with van der Waals surface area (Å²) in [5.41, 5.74) is 4.96. The molecule has 1 aromatic heterocycles. The van der Waals surface area contributed by atoms with Crippen molar-refractivity contribution >= 4 is 28.7 Å². The van der Waals surface area contributed by atoms with Crippen LogP contribution in [0.2, 0.25) is 0 Å². The van der Waals surface area contributed by atoms with Gasteiger partial charge in [0.25, 0.3) is 0 Å². The fourth-order valence-electron chi connectivity index (χ4n) is 3.48. The van der Waals surface area contributed by atoms with Crippen LogP contribution in [0, 0.1) is 12.3 Å². The van der Waals surface area contributed by atoms with Gasteiger partial charge in [-0.25, -0.2) is 9.78 Å². The lowest BCUT2D eigenvalue weighted by molar-refractivity contribution is 0.0505. The minimum absolute atomic E-state index is 0.152. The predicted octanol–water partition coefficient (Wildman–Crippen LogP) is 5.45. The number of nitrogens with zero attached hydrogens (tertiary/aromatic N) is 2. The standard InChI is InChI=1S/C25H25N3O3S/c1-3-12-31-25(30)19-10-6-17(7-11-19)13-28-14-21(29)22(23(28)26)24-27-20(15-32-24)18-8-4-16(2)5-9-18/h4-11,15,26,29H,3,12-14H2,1-2H3. The second-order valence-corrected chi connectivity index (χ2v) is 8.62. The van der Waals surface area contributed by atoms with E-state index < -0.39 is 0 Å². The fraction of sp³-hybridized carbons (Fsp3) is 0.240. The molecule has 6 nitrogen and oxygen atoms in total. The third-order valence-corrected chi connectivity index (χ3v) is 6.11. The largest absolute Gasteiger partial charge is 0.510 e. The molecule has 2 N–H and O–H groups in total. The zero-order chi connectivity index (χ0) is 22.7. The highest BCUT2D eigenvalue weighted by molar-refractivity contribution is 7.11. The number of ether oxygens (including phenoxy) is 1. The van der Waals surface area contributed by atoms with Crippen molar-refractivity contribution in [3.63, 3.8) is 0 Å². The van der Waals surface area contributed by atoms with Crippen LogP contribution in [-0.4, -0.2) is 39.9 Å². The molecule has 164 valence electrons. The number of carbonyl (C=O) groups excluding carboxylic acids is 1. The molecule has 0 radical (unpaired) electrons. The molecule has 0 aliphatic carbocycles. The smallest absolute Gasteiger partial charge is 0.338 e. The van der Waals surface area contributed by atoms with E-state index in [2.05, 4.69) is 4.98 Å². The highest BCUT2D eigenvalue weighted by atomic mass is 32.1. The van der Waals surface area contributed by atoms with Crippen molar-refractivity contribution in [1.29, 1.82) is 5.41 Å². The number of aliphatic hydroxyl groups is 1. The monoisotopic (exact) mass is 447 g/mol. The second kappa shape index (κ2) is 9.36.